The number of nitrogens with one attached hydrogen (secondary N) is 2. The van der Waals surface area contributed by atoms with Gasteiger partial charge in [-0.25, -0.2) is 0 Å². The highest BCUT2D eigenvalue weighted by atomic mass is 15.3. The predicted octanol–water partition coefficient (Wildman–Crippen LogP) is 1.17. The molecule has 1 aromatic rings. The topological polar surface area (TPSA) is 42.9 Å². The fraction of sp³-hybridized carbons (Fsp3) is 0.632. The summed E-state index contributed by atoms with van der Waals surface area (Å²) in [6.45, 7) is 10.9. The van der Waals surface area contributed by atoms with Crippen molar-refractivity contribution in [1.82, 2.24) is 20.4 Å². The third-order valence-electron chi connectivity index (χ3n) is 4.97. The number of aliphatic imine (C=N–C) groups is 1. The van der Waals surface area contributed by atoms with Crippen LogP contribution in [-0.2, 0) is 6.42 Å². The molecule has 1 unspecified atom stereocenters. The first kappa shape index (κ1) is 17.2. The molecule has 3 saturated heterocycles. The maximum atomic E-state index is 4.83. The van der Waals surface area contributed by atoms with Gasteiger partial charge in [-0.15, -0.1) is 0 Å². The monoisotopic (exact) mass is 329 g/mol. The second-order valence-corrected chi connectivity index (χ2v) is 6.73. The highest BCUT2D eigenvalue weighted by molar-refractivity contribution is 5.79. The lowest BCUT2D eigenvalue weighted by Crippen LogP contribution is -2.62. The van der Waals surface area contributed by atoms with Crippen LogP contribution in [0.15, 0.2) is 35.3 Å². The summed E-state index contributed by atoms with van der Waals surface area (Å²) in [5, 5.41) is 6.85. The fourth-order valence-electron chi connectivity index (χ4n) is 3.58. The average molecular weight is 329 g/mol. The first-order valence-corrected chi connectivity index (χ1v) is 9.37. The standard InChI is InChI=1S/C19H31N5/c1-2-20-19(21-10-6-9-17-7-4-3-5-8-17)22-15-18-16-23-11-13-24(18)14-12-23/h3-5,7-8,18H,2,6,9-16H2,1H3,(H2,20,21,22). The zero-order chi connectivity index (χ0) is 16.6. The van der Waals surface area contributed by atoms with Gasteiger partial charge in [0.15, 0.2) is 5.96 Å². The van der Waals surface area contributed by atoms with Crippen LogP contribution >= 0.6 is 0 Å². The van der Waals surface area contributed by atoms with Crippen LogP contribution in [0.25, 0.3) is 0 Å². The summed E-state index contributed by atoms with van der Waals surface area (Å²) in [6, 6.07) is 11.3. The molecule has 0 amide bonds. The van der Waals surface area contributed by atoms with Crippen molar-refractivity contribution in [3.8, 4) is 0 Å². The van der Waals surface area contributed by atoms with E-state index in [1.54, 1.807) is 0 Å². The second-order valence-electron chi connectivity index (χ2n) is 6.73. The van der Waals surface area contributed by atoms with Crippen LogP contribution in [0.1, 0.15) is 18.9 Å². The molecule has 2 N–H and O–H groups in total. The molecule has 0 radical (unpaired) electrons. The summed E-state index contributed by atoms with van der Waals surface area (Å²) in [6.07, 6.45) is 2.23. The lowest BCUT2D eigenvalue weighted by atomic mass is 10.1. The van der Waals surface area contributed by atoms with Crippen molar-refractivity contribution in [2.24, 2.45) is 4.99 Å². The molecule has 24 heavy (non-hydrogen) atoms. The molecule has 5 heteroatoms. The van der Waals surface area contributed by atoms with E-state index in [1.165, 1.54) is 38.3 Å². The van der Waals surface area contributed by atoms with E-state index in [2.05, 4.69) is 57.7 Å². The van der Waals surface area contributed by atoms with Gasteiger partial charge in [0, 0.05) is 51.9 Å². The molecule has 3 fully saturated rings. The molecule has 3 aliphatic rings. The molecule has 4 rings (SSSR count). The summed E-state index contributed by atoms with van der Waals surface area (Å²) in [7, 11) is 0. The lowest BCUT2D eigenvalue weighted by Gasteiger charge is -2.47. The van der Waals surface area contributed by atoms with Gasteiger partial charge < -0.3 is 10.6 Å². The predicted molar refractivity (Wildman–Crippen MR) is 101 cm³/mol. The minimum absolute atomic E-state index is 0.590. The third kappa shape index (κ3) is 4.95. The highest BCUT2D eigenvalue weighted by Crippen LogP contribution is 2.15. The zero-order valence-corrected chi connectivity index (χ0v) is 14.9. The van der Waals surface area contributed by atoms with Gasteiger partial charge in [-0.1, -0.05) is 30.3 Å². The van der Waals surface area contributed by atoms with Crippen molar-refractivity contribution < 1.29 is 0 Å². The fourth-order valence-corrected chi connectivity index (χ4v) is 3.58. The Morgan fingerprint density at radius 1 is 1.12 bits per heavy atom. The molecular weight excluding hydrogens is 298 g/mol. The molecule has 0 aliphatic carbocycles. The van der Waals surface area contributed by atoms with Crippen LogP contribution in [0.3, 0.4) is 0 Å². The molecule has 3 heterocycles. The van der Waals surface area contributed by atoms with Crippen LogP contribution < -0.4 is 10.6 Å². The number of rotatable bonds is 7. The van der Waals surface area contributed by atoms with Gasteiger partial charge in [0.2, 0.25) is 0 Å². The molecule has 132 valence electrons. The van der Waals surface area contributed by atoms with Crippen LogP contribution in [-0.4, -0.2) is 74.2 Å². The lowest BCUT2D eigenvalue weighted by molar-refractivity contribution is 0.0174. The van der Waals surface area contributed by atoms with E-state index in [0.29, 0.717) is 6.04 Å². The Morgan fingerprint density at radius 2 is 1.92 bits per heavy atom. The SMILES string of the molecule is CCNC(=NCC1CN2CCN1CC2)NCCCc1ccccc1. The first-order valence-electron chi connectivity index (χ1n) is 9.37. The second kappa shape index (κ2) is 9.04. The molecule has 3 aliphatic heterocycles. The van der Waals surface area contributed by atoms with Gasteiger partial charge in [-0.2, -0.15) is 0 Å². The van der Waals surface area contributed by atoms with Gasteiger partial charge in [0.25, 0.3) is 0 Å². The molecule has 0 aromatic heterocycles. The number of guanidine groups is 1. The highest BCUT2D eigenvalue weighted by Gasteiger charge is 2.31. The number of fused-ring (bicyclic) bond motifs is 3. The Morgan fingerprint density at radius 3 is 2.58 bits per heavy atom. The van der Waals surface area contributed by atoms with E-state index in [0.717, 1.165) is 38.4 Å². The van der Waals surface area contributed by atoms with Gasteiger partial charge in [0.1, 0.15) is 0 Å². The van der Waals surface area contributed by atoms with E-state index in [1.807, 2.05) is 0 Å². The minimum atomic E-state index is 0.590. The van der Waals surface area contributed by atoms with Crippen LogP contribution in [0, 0.1) is 0 Å². The van der Waals surface area contributed by atoms with Gasteiger partial charge >= 0.3 is 0 Å². The smallest absolute Gasteiger partial charge is 0.191 e. The number of nitrogens with zero attached hydrogens (tertiary/aromatic N) is 3. The number of hydrogen-bond acceptors (Lipinski definition) is 3. The van der Waals surface area contributed by atoms with Crippen molar-refractivity contribution in [3.63, 3.8) is 0 Å². The maximum Gasteiger partial charge on any atom is 0.191 e. The number of hydrogen-bond donors (Lipinski definition) is 2. The molecule has 2 bridgehead atoms. The summed E-state index contributed by atoms with van der Waals surface area (Å²) < 4.78 is 0. The van der Waals surface area contributed by atoms with Crippen molar-refractivity contribution in [2.45, 2.75) is 25.8 Å². The summed E-state index contributed by atoms with van der Waals surface area (Å²) in [5.74, 6) is 0.961. The molecule has 1 aromatic carbocycles. The van der Waals surface area contributed by atoms with Crippen LogP contribution in [0.4, 0.5) is 0 Å². The van der Waals surface area contributed by atoms with Gasteiger partial charge in [-0.05, 0) is 25.3 Å². The number of aryl methyl sites for hydroxylation is 1. The van der Waals surface area contributed by atoms with Crippen LogP contribution in [0.5, 0.6) is 0 Å². The van der Waals surface area contributed by atoms with Gasteiger partial charge in [0.05, 0.1) is 6.54 Å². The third-order valence-corrected chi connectivity index (χ3v) is 4.97. The van der Waals surface area contributed by atoms with E-state index >= 15 is 0 Å². The average Bonchev–Trinajstić information content (AvgIpc) is 2.65. The summed E-state index contributed by atoms with van der Waals surface area (Å²) in [4.78, 5) is 10.00. The van der Waals surface area contributed by atoms with Crippen LogP contribution in [0.2, 0.25) is 0 Å². The van der Waals surface area contributed by atoms with E-state index in [9.17, 15) is 0 Å². The Bertz CT molecular complexity index is 508. The van der Waals surface area contributed by atoms with Crippen molar-refractivity contribution in [1.29, 1.82) is 0 Å². The van der Waals surface area contributed by atoms with Crippen molar-refractivity contribution in [3.05, 3.63) is 35.9 Å². The Hall–Kier alpha value is -1.59. The van der Waals surface area contributed by atoms with Crippen molar-refractivity contribution >= 4 is 5.96 Å². The van der Waals surface area contributed by atoms with E-state index in [-0.39, 0.29) is 0 Å². The number of benzene rings is 1. The quantitative estimate of drug-likeness (QED) is 0.448. The summed E-state index contributed by atoms with van der Waals surface area (Å²) in [5.41, 5.74) is 1.40. The molecule has 0 saturated carbocycles. The van der Waals surface area contributed by atoms with E-state index in [4.69, 9.17) is 4.99 Å². The normalized spacial score (nSPS) is 26.4. The molecule has 5 nitrogen and oxygen atoms in total. The molecule has 1 atom stereocenters. The molecular formula is C19H31N5. The zero-order valence-electron chi connectivity index (χ0n) is 14.9. The van der Waals surface area contributed by atoms with E-state index < -0.39 is 0 Å². The minimum Gasteiger partial charge on any atom is -0.357 e. The Labute approximate surface area is 146 Å². The largest absolute Gasteiger partial charge is 0.357 e. The Kier molecular flexibility index (Phi) is 6.49. The maximum absolute atomic E-state index is 4.83. The molecule has 0 spiro atoms. The number of piperazine rings is 3. The first-order chi connectivity index (χ1) is 11.8. The van der Waals surface area contributed by atoms with Gasteiger partial charge in [-0.3, -0.25) is 14.8 Å². The Balaban J connectivity index is 1.42. The summed E-state index contributed by atoms with van der Waals surface area (Å²) >= 11 is 0. The van der Waals surface area contributed by atoms with Crippen molar-refractivity contribution in [2.75, 3.05) is 52.4 Å².